The van der Waals surface area contributed by atoms with Crippen molar-refractivity contribution in [2.24, 2.45) is 0 Å². The maximum atomic E-state index is 14.0. The first-order valence-corrected chi connectivity index (χ1v) is 5.77. The van der Waals surface area contributed by atoms with E-state index >= 15 is 0 Å². The normalized spacial score (nSPS) is 10.5. The molecule has 0 unspecified atom stereocenters. The minimum atomic E-state index is -1.21. The Morgan fingerprint density at radius 1 is 1.21 bits per heavy atom. The highest BCUT2D eigenvalue weighted by atomic mass is 35.5. The second kappa shape index (κ2) is 4.97. The predicted octanol–water partition coefficient (Wildman–Crippen LogP) is 4.29. The largest absolute Gasteiger partial charge is 0.478 e. The van der Waals surface area contributed by atoms with Gasteiger partial charge >= 0.3 is 5.97 Å². The minimum Gasteiger partial charge on any atom is -0.478 e. The number of hydrogen-bond acceptors (Lipinski definition) is 1. The third kappa shape index (κ3) is 2.58. The van der Waals surface area contributed by atoms with Crippen LogP contribution in [0.1, 0.15) is 15.9 Å². The fraction of sp³-hybridized carbons (Fsp3) is 0.0714. The molecule has 2 rings (SSSR count). The zero-order valence-corrected chi connectivity index (χ0v) is 10.6. The molecule has 98 valence electrons. The van der Waals surface area contributed by atoms with E-state index in [-0.39, 0.29) is 27.3 Å². The lowest BCUT2D eigenvalue weighted by Crippen LogP contribution is -1.99. The third-order valence-electron chi connectivity index (χ3n) is 2.72. The minimum absolute atomic E-state index is 0.101. The molecule has 0 heterocycles. The number of benzene rings is 2. The highest BCUT2D eigenvalue weighted by Gasteiger charge is 2.16. The molecule has 2 aromatic rings. The Balaban J connectivity index is 2.72. The first kappa shape index (κ1) is 13.5. The Bertz CT molecular complexity index is 669. The van der Waals surface area contributed by atoms with E-state index < -0.39 is 17.6 Å². The number of aryl methyl sites for hydroxylation is 1. The van der Waals surface area contributed by atoms with Crippen LogP contribution in [0.15, 0.2) is 30.3 Å². The first-order valence-electron chi connectivity index (χ1n) is 5.39. The van der Waals surface area contributed by atoms with Crippen LogP contribution < -0.4 is 0 Å². The SMILES string of the molecule is Cc1ccc(F)c(-c2cc(Cl)cc(C(=O)O)c2)c1F. The van der Waals surface area contributed by atoms with Crippen LogP contribution >= 0.6 is 11.6 Å². The van der Waals surface area contributed by atoms with Gasteiger partial charge in [0.15, 0.2) is 0 Å². The van der Waals surface area contributed by atoms with Crippen molar-refractivity contribution >= 4 is 17.6 Å². The third-order valence-corrected chi connectivity index (χ3v) is 2.94. The molecule has 0 saturated carbocycles. The van der Waals surface area contributed by atoms with Crippen LogP contribution in [0, 0.1) is 18.6 Å². The number of halogens is 3. The van der Waals surface area contributed by atoms with Crippen molar-refractivity contribution in [1.29, 1.82) is 0 Å². The standard InChI is InChI=1S/C14H9ClF2O2/c1-7-2-3-11(16)12(13(7)17)8-4-9(14(18)19)6-10(15)5-8/h2-6H,1H3,(H,18,19). The lowest BCUT2D eigenvalue weighted by Gasteiger charge is -2.09. The zero-order valence-electron chi connectivity index (χ0n) is 9.88. The van der Waals surface area contributed by atoms with Crippen LogP contribution in [0.25, 0.3) is 11.1 Å². The molecular weight excluding hydrogens is 274 g/mol. The average molecular weight is 283 g/mol. The molecule has 0 bridgehead atoms. The summed E-state index contributed by atoms with van der Waals surface area (Å²) in [5.74, 6) is -2.70. The summed E-state index contributed by atoms with van der Waals surface area (Å²) in [6, 6.07) is 6.19. The van der Waals surface area contributed by atoms with Gasteiger partial charge in [0.25, 0.3) is 0 Å². The Morgan fingerprint density at radius 2 is 1.89 bits per heavy atom. The molecule has 0 aromatic heterocycles. The number of rotatable bonds is 2. The van der Waals surface area contributed by atoms with Crippen molar-refractivity contribution in [3.8, 4) is 11.1 Å². The summed E-state index contributed by atoms with van der Waals surface area (Å²) in [6.45, 7) is 1.50. The number of aromatic carboxylic acids is 1. The molecule has 0 aliphatic heterocycles. The zero-order chi connectivity index (χ0) is 14.2. The topological polar surface area (TPSA) is 37.3 Å². The molecule has 0 fully saturated rings. The maximum Gasteiger partial charge on any atom is 0.335 e. The van der Waals surface area contributed by atoms with Gasteiger partial charge in [-0.15, -0.1) is 0 Å². The number of hydrogen-bond donors (Lipinski definition) is 1. The molecule has 1 N–H and O–H groups in total. The van der Waals surface area contributed by atoms with Gasteiger partial charge in [0.2, 0.25) is 0 Å². The number of carboxylic acids is 1. The van der Waals surface area contributed by atoms with E-state index in [4.69, 9.17) is 16.7 Å². The van der Waals surface area contributed by atoms with Crippen molar-refractivity contribution < 1.29 is 18.7 Å². The molecule has 19 heavy (non-hydrogen) atoms. The molecule has 0 aliphatic carbocycles. The summed E-state index contributed by atoms with van der Waals surface area (Å²) in [4.78, 5) is 10.9. The van der Waals surface area contributed by atoms with E-state index in [0.717, 1.165) is 6.07 Å². The van der Waals surface area contributed by atoms with E-state index in [1.54, 1.807) is 0 Å². The van der Waals surface area contributed by atoms with Gasteiger partial charge in [-0.25, -0.2) is 13.6 Å². The quantitative estimate of drug-likeness (QED) is 0.892. The van der Waals surface area contributed by atoms with E-state index in [2.05, 4.69) is 0 Å². The van der Waals surface area contributed by atoms with Crippen LogP contribution in [0.4, 0.5) is 8.78 Å². The highest BCUT2D eigenvalue weighted by Crippen LogP contribution is 2.30. The lowest BCUT2D eigenvalue weighted by molar-refractivity contribution is 0.0697. The van der Waals surface area contributed by atoms with Gasteiger partial charge in [-0.3, -0.25) is 0 Å². The summed E-state index contributed by atoms with van der Waals surface area (Å²) in [7, 11) is 0. The Hall–Kier alpha value is -1.94. The van der Waals surface area contributed by atoms with Crippen LogP contribution in [0.2, 0.25) is 5.02 Å². The molecular formula is C14H9ClF2O2. The van der Waals surface area contributed by atoms with Gasteiger partial charge in [-0.1, -0.05) is 17.7 Å². The highest BCUT2D eigenvalue weighted by molar-refractivity contribution is 6.31. The molecule has 0 spiro atoms. The fourth-order valence-corrected chi connectivity index (χ4v) is 2.01. The maximum absolute atomic E-state index is 14.0. The van der Waals surface area contributed by atoms with E-state index in [0.29, 0.717) is 0 Å². The molecule has 0 saturated heterocycles. The van der Waals surface area contributed by atoms with Crippen molar-refractivity contribution in [3.05, 3.63) is 58.1 Å². The van der Waals surface area contributed by atoms with Crippen molar-refractivity contribution in [2.45, 2.75) is 6.92 Å². The molecule has 0 atom stereocenters. The Morgan fingerprint density at radius 3 is 2.53 bits per heavy atom. The molecule has 2 nitrogen and oxygen atoms in total. The monoisotopic (exact) mass is 282 g/mol. The van der Waals surface area contributed by atoms with E-state index in [1.807, 2.05) is 0 Å². The van der Waals surface area contributed by atoms with Gasteiger partial charge in [-0.05, 0) is 42.3 Å². The number of carbonyl (C=O) groups is 1. The predicted molar refractivity (Wildman–Crippen MR) is 68.5 cm³/mol. The van der Waals surface area contributed by atoms with Gasteiger partial charge in [0.1, 0.15) is 11.6 Å². The summed E-state index contributed by atoms with van der Waals surface area (Å²) in [6.07, 6.45) is 0. The van der Waals surface area contributed by atoms with E-state index in [1.165, 1.54) is 31.2 Å². The molecule has 2 aromatic carbocycles. The van der Waals surface area contributed by atoms with Crippen LogP contribution in [0.3, 0.4) is 0 Å². The average Bonchev–Trinajstić information content (AvgIpc) is 2.34. The van der Waals surface area contributed by atoms with Crippen molar-refractivity contribution in [3.63, 3.8) is 0 Å². The van der Waals surface area contributed by atoms with Crippen LogP contribution in [-0.2, 0) is 0 Å². The lowest BCUT2D eigenvalue weighted by atomic mass is 10.00. The smallest absolute Gasteiger partial charge is 0.335 e. The molecule has 0 radical (unpaired) electrons. The fourth-order valence-electron chi connectivity index (χ4n) is 1.78. The van der Waals surface area contributed by atoms with Crippen molar-refractivity contribution in [2.75, 3.05) is 0 Å². The molecule has 5 heteroatoms. The van der Waals surface area contributed by atoms with Gasteiger partial charge < -0.3 is 5.11 Å². The summed E-state index contributed by atoms with van der Waals surface area (Å²) in [5.41, 5.74) is -0.0235. The van der Waals surface area contributed by atoms with Gasteiger partial charge in [-0.2, -0.15) is 0 Å². The summed E-state index contributed by atoms with van der Waals surface area (Å²) in [5, 5.41) is 9.03. The van der Waals surface area contributed by atoms with Crippen LogP contribution in [0.5, 0.6) is 0 Å². The summed E-state index contributed by atoms with van der Waals surface area (Å²) < 4.78 is 27.7. The first-order chi connectivity index (χ1) is 8.90. The molecule has 0 amide bonds. The second-order valence-electron chi connectivity index (χ2n) is 4.09. The summed E-state index contributed by atoms with van der Waals surface area (Å²) >= 11 is 5.78. The Kier molecular flexibility index (Phi) is 3.53. The van der Waals surface area contributed by atoms with Crippen molar-refractivity contribution in [1.82, 2.24) is 0 Å². The van der Waals surface area contributed by atoms with Gasteiger partial charge in [0.05, 0.1) is 11.1 Å². The van der Waals surface area contributed by atoms with Crippen LogP contribution in [-0.4, -0.2) is 11.1 Å². The molecule has 0 aliphatic rings. The van der Waals surface area contributed by atoms with Gasteiger partial charge in [0, 0.05) is 5.02 Å². The Labute approximate surface area is 113 Å². The van der Waals surface area contributed by atoms with E-state index in [9.17, 15) is 13.6 Å². The second-order valence-corrected chi connectivity index (χ2v) is 4.52. The number of carboxylic acid groups (broad SMARTS) is 1.